The normalized spacial score (nSPS) is 19.5. The minimum absolute atomic E-state index is 0.293. The van der Waals surface area contributed by atoms with Crippen LogP contribution in [0.4, 0.5) is 0 Å². The van der Waals surface area contributed by atoms with Crippen LogP contribution >= 0.6 is 31.9 Å². The molecule has 0 aromatic carbocycles. The third-order valence-corrected chi connectivity index (χ3v) is 5.95. The SMILES string of the molecule is Cc1nn(CC2(CBr)CCOCC2)c(C)c1Br. The van der Waals surface area contributed by atoms with Crippen LogP contribution in [0.1, 0.15) is 24.2 Å². The Morgan fingerprint density at radius 1 is 1.35 bits per heavy atom. The molecule has 1 aliphatic rings. The van der Waals surface area contributed by atoms with Crippen molar-refractivity contribution in [2.45, 2.75) is 33.2 Å². The van der Waals surface area contributed by atoms with Crippen LogP contribution in [-0.2, 0) is 11.3 Å². The highest BCUT2D eigenvalue weighted by Gasteiger charge is 2.33. The van der Waals surface area contributed by atoms with Gasteiger partial charge in [0.25, 0.3) is 0 Å². The van der Waals surface area contributed by atoms with Crippen molar-refractivity contribution in [1.82, 2.24) is 9.78 Å². The molecule has 1 aliphatic heterocycles. The van der Waals surface area contributed by atoms with E-state index in [1.165, 1.54) is 5.69 Å². The predicted molar refractivity (Wildman–Crippen MR) is 75.7 cm³/mol. The summed E-state index contributed by atoms with van der Waals surface area (Å²) in [4.78, 5) is 0. The third-order valence-electron chi connectivity index (χ3n) is 3.62. The van der Waals surface area contributed by atoms with Gasteiger partial charge in [-0.25, -0.2) is 0 Å². The standard InChI is InChI=1S/C12H18Br2N2O/c1-9-11(14)10(2)16(15-9)8-12(7-13)3-5-17-6-4-12/h3-8H2,1-2H3. The molecule has 0 aliphatic carbocycles. The topological polar surface area (TPSA) is 27.1 Å². The molecule has 0 radical (unpaired) electrons. The lowest BCUT2D eigenvalue weighted by Gasteiger charge is -2.35. The molecular formula is C12H18Br2N2O. The predicted octanol–water partition coefficient (Wildman–Crippen LogP) is 3.45. The van der Waals surface area contributed by atoms with Gasteiger partial charge in [0, 0.05) is 36.2 Å². The van der Waals surface area contributed by atoms with Crippen LogP contribution in [0.15, 0.2) is 4.47 Å². The summed E-state index contributed by atoms with van der Waals surface area (Å²) in [5, 5.41) is 5.62. The first-order valence-corrected chi connectivity index (χ1v) is 7.83. The Morgan fingerprint density at radius 2 is 2.00 bits per heavy atom. The van der Waals surface area contributed by atoms with Crippen LogP contribution < -0.4 is 0 Å². The summed E-state index contributed by atoms with van der Waals surface area (Å²) in [6.07, 6.45) is 2.21. The Morgan fingerprint density at radius 3 is 2.47 bits per heavy atom. The lowest BCUT2D eigenvalue weighted by Crippen LogP contribution is -2.36. The zero-order chi connectivity index (χ0) is 12.5. The van der Waals surface area contributed by atoms with Gasteiger partial charge in [0.15, 0.2) is 0 Å². The Labute approximate surface area is 119 Å². The molecule has 96 valence electrons. The van der Waals surface area contributed by atoms with E-state index in [0.29, 0.717) is 5.41 Å². The Bertz CT molecular complexity index is 397. The number of rotatable bonds is 3. The summed E-state index contributed by atoms with van der Waals surface area (Å²) in [6.45, 7) is 6.86. The minimum Gasteiger partial charge on any atom is -0.381 e. The van der Waals surface area contributed by atoms with E-state index in [-0.39, 0.29) is 0 Å². The largest absolute Gasteiger partial charge is 0.381 e. The molecule has 1 aromatic rings. The summed E-state index contributed by atoms with van der Waals surface area (Å²) in [7, 11) is 0. The highest BCUT2D eigenvalue weighted by Crippen LogP contribution is 2.35. The van der Waals surface area contributed by atoms with E-state index in [1.54, 1.807) is 0 Å². The summed E-state index contributed by atoms with van der Waals surface area (Å²) in [5.74, 6) is 0. The van der Waals surface area contributed by atoms with Gasteiger partial charge in [-0.3, -0.25) is 4.68 Å². The van der Waals surface area contributed by atoms with E-state index in [4.69, 9.17) is 4.74 Å². The average Bonchev–Trinajstić information content (AvgIpc) is 2.58. The van der Waals surface area contributed by atoms with Crippen molar-refractivity contribution in [3.8, 4) is 0 Å². The van der Waals surface area contributed by atoms with Crippen molar-refractivity contribution in [1.29, 1.82) is 0 Å². The molecule has 5 heteroatoms. The first kappa shape index (κ1) is 13.6. The highest BCUT2D eigenvalue weighted by atomic mass is 79.9. The molecule has 0 N–H and O–H groups in total. The first-order valence-electron chi connectivity index (χ1n) is 5.91. The van der Waals surface area contributed by atoms with Gasteiger partial charge in [-0.1, -0.05) is 15.9 Å². The fourth-order valence-corrected chi connectivity index (χ4v) is 3.31. The summed E-state index contributed by atoms with van der Waals surface area (Å²) in [6, 6.07) is 0. The second-order valence-corrected chi connectivity index (χ2v) is 6.24. The second-order valence-electron chi connectivity index (χ2n) is 4.89. The molecule has 0 saturated carbocycles. The molecule has 1 fully saturated rings. The molecule has 1 aromatic heterocycles. The van der Waals surface area contributed by atoms with Crippen LogP contribution in [0, 0.1) is 19.3 Å². The highest BCUT2D eigenvalue weighted by molar-refractivity contribution is 9.10. The Balaban J connectivity index is 2.20. The monoisotopic (exact) mass is 364 g/mol. The number of alkyl halides is 1. The van der Waals surface area contributed by atoms with E-state index >= 15 is 0 Å². The Kier molecular flexibility index (Phi) is 4.31. The van der Waals surface area contributed by atoms with Crippen molar-refractivity contribution in [2.75, 3.05) is 18.5 Å². The molecule has 0 unspecified atom stereocenters. The van der Waals surface area contributed by atoms with E-state index in [0.717, 1.165) is 48.1 Å². The molecule has 0 spiro atoms. The van der Waals surface area contributed by atoms with Gasteiger partial charge < -0.3 is 4.74 Å². The second kappa shape index (κ2) is 5.41. The average molecular weight is 366 g/mol. The van der Waals surface area contributed by atoms with Gasteiger partial charge in [0.2, 0.25) is 0 Å². The van der Waals surface area contributed by atoms with Gasteiger partial charge in [-0.15, -0.1) is 0 Å². The van der Waals surface area contributed by atoms with Gasteiger partial charge in [0.1, 0.15) is 0 Å². The Hall–Kier alpha value is 0.130. The third kappa shape index (κ3) is 2.76. The van der Waals surface area contributed by atoms with Crippen molar-refractivity contribution in [3.05, 3.63) is 15.9 Å². The van der Waals surface area contributed by atoms with Crippen LogP contribution in [0.5, 0.6) is 0 Å². The molecule has 0 atom stereocenters. The van der Waals surface area contributed by atoms with Crippen molar-refractivity contribution in [3.63, 3.8) is 0 Å². The number of hydrogen-bond donors (Lipinski definition) is 0. The molecule has 0 bridgehead atoms. The molecule has 0 amide bonds. The number of aromatic nitrogens is 2. The van der Waals surface area contributed by atoms with Gasteiger partial charge in [-0.05, 0) is 42.6 Å². The quantitative estimate of drug-likeness (QED) is 0.767. The van der Waals surface area contributed by atoms with Crippen molar-refractivity contribution >= 4 is 31.9 Å². The number of nitrogens with zero attached hydrogens (tertiary/aromatic N) is 2. The van der Waals surface area contributed by atoms with Gasteiger partial charge in [-0.2, -0.15) is 5.10 Å². The summed E-state index contributed by atoms with van der Waals surface area (Å²) in [5.41, 5.74) is 2.58. The molecular weight excluding hydrogens is 348 g/mol. The van der Waals surface area contributed by atoms with E-state index in [9.17, 15) is 0 Å². The van der Waals surface area contributed by atoms with Crippen LogP contribution in [0.25, 0.3) is 0 Å². The van der Waals surface area contributed by atoms with Crippen molar-refractivity contribution in [2.24, 2.45) is 5.41 Å². The number of hydrogen-bond acceptors (Lipinski definition) is 2. The fourth-order valence-electron chi connectivity index (χ4n) is 2.29. The van der Waals surface area contributed by atoms with Gasteiger partial charge >= 0.3 is 0 Å². The minimum atomic E-state index is 0.293. The van der Waals surface area contributed by atoms with Crippen LogP contribution in [0.3, 0.4) is 0 Å². The maximum atomic E-state index is 5.46. The smallest absolute Gasteiger partial charge is 0.0738 e. The van der Waals surface area contributed by atoms with Gasteiger partial charge in [0.05, 0.1) is 10.2 Å². The van der Waals surface area contributed by atoms with E-state index < -0.39 is 0 Å². The molecule has 2 heterocycles. The number of aryl methyl sites for hydroxylation is 1. The van der Waals surface area contributed by atoms with Crippen LogP contribution in [-0.4, -0.2) is 28.3 Å². The van der Waals surface area contributed by atoms with E-state index in [1.807, 2.05) is 6.92 Å². The summed E-state index contributed by atoms with van der Waals surface area (Å²) < 4.78 is 8.73. The summed E-state index contributed by atoms with van der Waals surface area (Å²) >= 11 is 7.25. The molecule has 1 saturated heterocycles. The maximum absolute atomic E-state index is 5.46. The van der Waals surface area contributed by atoms with E-state index in [2.05, 4.69) is 48.6 Å². The molecule has 17 heavy (non-hydrogen) atoms. The number of ether oxygens (including phenoxy) is 1. The lowest BCUT2D eigenvalue weighted by molar-refractivity contribution is 0.0166. The molecule has 3 nitrogen and oxygen atoms in total. The maximum Gasteiger partial charge on any atom is 0.0738 e. The number of halogens is 2. The zero-order valence-corrected chi connectivity index (χ0v) is 13.5. The van der Waals surface area contributed by atoms with Crippen LogP contribution in [0.2, 0.25) is 0 Å². The fraction of sp³-hybridized carbons (Fsp3) is 0.750. The lowest BCUT2D eigenvalue weighted by atomic mass is 9.82. The zero-order valence-electron chi connectivity index (χ0n) is 10.3. The van der Waals surface area contributed by atoms with Crippen molar-refractivity contribution < 1.29 is 4.74 Å². The first-order chi connectivity index (χ1) is 8.08. The molecule has 2 rings (SSSR count).